The van der Waals surface area contributed by atoms with Crippen molar-refractivity contribution in [2.24, 2.45) is 20.5 Å². The number of benzene rings is 5. The summed E-state index contributed by atoms with van der Waals surface area (Å²) in [6, 6.07) is 11.8. The fourth-order valence-corrected chi connectivity index (χ4v) is 7.35. The van der Waals surface area contributed by atoms with Crippen LogP contribution in [0, 0.1) is 0 Å². The highest BCUT2D eigenvalue weighted by Gasteiger charge is 2.33. The Hall–Kier alpha value is -6.74. The zero-order valence-electron chi connectivity index (χ0n) is 36.7. The second-order valence-corrected chi connectivity index (χ2v) is 16.5. The van der Waals surface area contributed by atoms with Crippen molar-refractivity contribution < 1.29 is 55.1 Å². The first-order chi connectivity index (χ1) is 32.8. The SMILES string of the molecule is CCc1c(NC(=O)C(N=Nc2ccc(Cl)c(C(=O)Nc3ccc(C(F)(F)F)cc3Cl)c2)C(C)=O)ccc(NC(=O)C(N=Nc2ccc(Cl)c(C(=O)Nc3ccc(C(F)(F)F)cc3Cl)c2)C(C)=O)c1CC. The topological polar surface area (TPSA) is 200 Å². The lowest BCUT2D eigenvalue weighted by molar-refractivity contribution is -0.138. The fraction of sp³-hybridized carbons (Fsp3) is 0.217. The van der Waals surface area contributed by atoms with Crippen LogP contribution in [-0.4, -0.2) is 47.3 Å². The van der Waals surface area contributed by atoms with Gasteiger partial charge in [0.25, 0.3) is 23.6 Å². The number of rotatable bonds is 16. The van der Waals surface area contributed by atoms with Crippen LogP contribution in [0.4, 0.5) is 60.5 Å². The molecule has 0 aliphatic carbocycles. The van der Waals surface area contributed by atoms with Gasteiger partial charge in [-0.15, -0.1) is 0 Å². The van der Waals surface area contributed by atoms with E-state index in [1.54, 1.807) is 13.8 Å². The largest absolute Gasteiger partial charge is 0.416 e. The van der Waals surface area contributed by atoms with Gasteiger partial charge in [0.2, 0.25) is 12.1 Å². The molecule has 5 aromatic rings. The maximum absolute atomic E-state index is 13.6. The van der Waals surface area contributed by atoms with Crippen molar-refractivity contribution >= 4 is 116 Å². The van der Waals surface area contributed by atoms with Gasteiger partial charge in [0.1, 0.15) is 0 Å². The highest BCUT2D eigenvalue weighted by atomic mass is 35.5. The highest BCUT2D eigenvalue weighted by molar-refractivity contribution is 6.37. The predicted molar refractivity (Wildman–Crippen MR) is 252 cm³/mol. The molecule has 0 aliphatic heterocycles. The average molecular weight is 1050 g/mol. The lowest BCUT2D eigenvalue weighted by atomic mass is 9.98. The third-order valence-electron chi connectivity index (χ3n) is 9.98. The highest BCUT2D eigenvalue weighted by Crippen LogP contribution is 2.37. The van der Waals surface area contributed by atoms with Crippen LogP contribution < -0.4 is 21.3 Å². The number of anilines is 4. The summed E-state index contributed by atoms with van der Waals surface area (Å²) in [7, 11) is 0. The molecule has 0 heterocycles. The van der Waals surface area contributed by atoms with Crippen molar-refractivity contribution in [3.63, 3.8) is 0 Å². The maximum atomic E-state index is 13.6. The number of hydrogen-bond acceptors (Lipinski definition) is 10. The summed E-state index contributed by atoms with van der Waals surface area (Å²) in [4.78, 5) is 78.7. The molecule has 0 spiro atoms. The van der Waals surface area contributed by atoms with E-state index < -0.39 is 70.8 Å². The molecule has 0 aliphatic rings. The van der Waals surface area contributed by atoms with E-state index in [-0.39, 0.29) is 65.3 Å². The number of carbonyl (C=O) groups excluding carboxylic acids is 6. The number of Topliss-reactive ketones (excluding diaryl/α,β-unsaturated/α-hetero) is 2. The Morgan fingerprint density at radius 2 is 0.829 bits per heavy atom. The van der Waals surface area contributed by atoms with Crippen molar-refractivity contribution in [1.29, 1.82) is 0 Å². The third kappa shape index (κ3) is 13.5. The van der Waals surface area contributed by atoms with E-state index in [0.717, 1.165) is 38.1 Å². The second kappa shape index (κ2) is 22.8. The van der Waals surface area contributed by atoms with E-state index in [9.17, 15) is 55.1 Å². The van der Waals surface area contributed by atoms with Crippen LogP contribution in [-0.2, 0) is 44.4 Å². The minimum Gasteiger partial charge on any atom is -0.323 e. The summed E-state index contributed by atoms with van der Waals surface area (Å²) in [6.07, 6.45) is -8.74. The second-order valence-electron chi connectivity index (χ2n) is 14.9. The molecule has 0 fully saturated rings. The molecule has 0 radical (unpaired) electrons. The monoisotopic (exact) mass is 1050 g/mol. The Bertz CT molecular complexity index is 2770. The van der Waals surface area contributed by atoms with Crippen molar-refractivity contribution in [2.75, 3.05) is 21.3 Å². The normalized spacial score (nSPS) is 12.7. The number of nitrogens with zero attached hydrogens (tertiary/aromatic N) is 4. The molecule has 0 saturated heterocycles. The van der Waals surface area contributed by atoms with Gasteiger partial charge in [0.15, 0.2) is 11.6 Å². The lowest BCUT2D eigenvalue weighted by Gasteiger charge is -2.20. The molecule has 70 heavy (non-hydrogen) atoms. The van der Waals surface area contributed by atoms with Crippen molar-refractivity contribution in [1.82, 2.24) is 0 Å². The van der Waals surface area contributed by atoms with E-state index in [4.69, 9.17) is 46.4 Å². The predicted octanol–water partition coefficient (Wildman–Crippen LogP) is 13.3. The van der Waals surface area contributed by atoms with E-state index in [2.05, 4.69) is 41.7 Å². The molecule has 5 rings (SSSR count). The summed E-state index contributed by atoms with van der Waals surface area (Å²) in [6.45, 7) is 5.73. The van der Waals surface area contributed by atoms with E-state index >= 15 is 0 Å². The molecule has 5 aromatic carbocycles. The van der Waals surface area contributed by atoms with Gasteiger partial charge in [-0.25, -0.2) is 0 Å². The number of alkyl halides is 6. The number of ketones is 2. The fourth-order valence-electron chi connectivity index (χ4n) is 6.49. The molecule has 0 saturated carbocycles. The van der Waals surface area contributed by atoms with Crippen molar-refractivity contribution in [2.45, 2.75) is 65.0 Å². The van der Waals surface area contributed by atoms with Crippen LogP contribution in [0.15, 0.2) is 105 Å². The average Bonchev–Trinajstić information content (AvgIpc) is 3.28. The molecule has 0 bridgehead atoms. The Balaban J connectivity index is 1.30. The van der Waals surface area contributed by atoms with Gasteiger partial charge in [-0.05, 0) is 123 Å². The first-order valence-corrected chi connectivity index (χ1v) is 21.9. The van der Waals surface area contributed by atoms with Gasteiger partial charge in [-0.1, -0.05) is 60.3 Å². The molecular formula is C46H36Cl4F6N8O6. The zero-order valence-corrected chi connectivity index (χ0v) is 39.7. The molecule has 2 unspecified atom stereocenters. The Kier molecular flexibility index (Phi) is 17.6. The van der Waals surface area contributed by atoms with E-state index in [0.29, 0.717) is 36.1 Å². The zero-order chi connectivity index (χ0) is 51.8. The van der Waals surface area contributed by atoms with Gasteiger partial charge in [0, 0.05) is 11.4 Å². The third-order valence-corrected chi connectivity index (χ3v) is 11.3. The number of halogens is 10. The van der Waals surface area contributed by atoms with Crippen molar-refractivity contribution in [3.05, 3.63) is 138 Å². The molecule has 14 nitrogen and oxygen atoms in total. The molecule has 0 aromatic heterocycles. The lowest BCUT2D eigenvalue weighted by Crippen LogP contribution is -2.33. The van der Waals surface area contributed by atoms with Crippen LogP contribution in [0.25, 0.3) is 0 Å². The smallest absolute Gasteiger partial charge is 0.323 e. The molecule has 2 atom stereocenters. The van der Waals surface area contributed by atoms with Crippen molar-refractivity contribution in [3.8, 4) is 0 Å². The number of hydrogen-bond donors (Lipinski definition) is 4. The first-order valence-electron chi connectivity index (χ1n) is 20.4. The number of amides is 4. The van der Waals surface area contributed by atoms with Gasteiger partial charge in [-0.3, -0.25) is 28.8 Å². The van der Waals surface area contributed by atoms with E-state index in [1.165, 1.54) is 48.5 Å². The standard InChI is InChI=1S/C46H36Cl4F6N8O6/c1-5-27-28(6-2)36(58-44(70)40(22(4)66)64-62-26-10-12-32(48)30(20-26)42(68)60-38-14-8-24(18-34(38)50)46(54,55)56)16-15-35(27)57-43(69)39(21(3)65)63-61-25-9-11-31(47)29(19-25)41(67)59-37-13-7-23(17-33(37)49)45(51,52)53/h7-20,39-40H,5-6H2,1-4H3,(H,57,69)(H,58,70)(H,59,67)(H,60,68). The molecule has 4 amide bonds. The van der Waals surface area contributed by atoms with Gasteiger partial charge in [-0.2, -0.15) is 46.8 Å². The van der Waals surface area contributed by atoms with E-state index in [1.807, 2.05) is 0 Å². The summed E-state index contributed by atoms with van der Waals surface area (Å²) >= 11 is 24.4. The minimum atomic E-state index is -4.67. The summed E-state index contributed by atoms with van der Waals surface area (Å²) in [5.41, 5.74) is -1.17. The summed E-state index contributed by atoms with van der Waals surface area (Å²) < 4.78 is 78.5. The first kappa shape index (κ1) is 54.2. The minimum absolute atomic E-state index is 0.0241. The molecular weight excluding hydrogens is 1020 g/mol. The Morgan fingerprint density at radius 1 is 0.486 bits per heavy atom. The maximum Gasteiger partial charge on any atom is 0.416 e. The van der Waals surface area contributed by atoms with Crippen LogP contribution in [0.3, 0.4) is 0 Å². The molecule has 366 valence electrons. The van der Waals surface area contributed by atoms with Crippen LogP contribution >= 0.6 is 46.4 Å². The number of nitrogens with one attached hydrogen (secondary N) is 4. The van der Waals surface area contributed by atoms with Gasteiger partial charge < -0.3 is 21.3 Å². The quantitative estimate of drug-likeness (QED) is 0.0430. The summed E-state index contributed by atoms with van der Waals surface area (Å²) in [5, 5.41) is 24.9. The number of azo groups is 2. The van der Waals surface area contributed by atoms with Crippen LogP contribution in [0.5, 0.6) is 0 Å². The molecule has 4 N–H and O–H groups in total. The van der Waals surface area contributed by atoms with Gasteiger partial charge in [0.05, 0.1) is 65.1 Å². The van der Waals surface area contributed by atoms with Crippen LogP contribution in [0.2, 0.25) is 20.1 Å². The van der Waals surface area contributed by atoms with Crippen LogP contribution in [0.1, 0.15) is 70.7 Å². The summed E-state index contributed by atoms with van der Waals surface area (Å²) in [5.74, 6) is -4.94. The Labute approximate surface area is 414 Å². The molecule has 24 heteroatoms. The van der Waals surface area contributed by atoms with Gasteiger partial charge >= 0.3 is 12.4 Å². The Morgan fingerprint density at radius 3 is 1.13 bits per heavy atom. The number of carbonyl (C=O) groups is 6.